The summed E-state index contributed by atoms with van der Waals surface area (Å²) in [5.74, 6) is 0. The van der Waals surface area contributed by atoms with Crippen LogP contribution in [0.15, 0.2) is 0 Å². The van der Waals surface area contributed by atoms with Crippen molar-refractivity contribution in [1.82, 2.24) is 14.8 Å². The van der Waals surface area contributed by atoms with Crippen molar-refractivity contribution in [3.63, 3.8) is 0 Å². The summed E-state index contributed by atoms with van der Waals surface area (Å²) in [6.45, 7) is 1.05. The maximum Gasteiger partial charge on any atom is 0.421 e. The van der Waals surface area contributed by atoms with Crippen molar-refractivity contribution < 1.29 is 17.9 Å². The molecule has 16 heavy (non-hydrogen) atoms. The van der Waals surface area contributed by atoms with Crippen LogP contribution >= 0.6 is 0 Å². The van der Waals surface area contributed by atoms with Gasteiger partial charge in [-0.3, -0.25) is 0 Å². The summed E-state index contributed by atoms with van der Waals surface area (Å²) in [6.07, 6.45) is 2.09. The van der Waals surface area contributed by atoms with Crippen LogP contribution in [0.4, 0.5) is 4.79 Å². The number of ether oxygens (including phenoxy) is 1. The predicted molar refractivity (Wildman–Crippen MR) is 58.1 cm³/mol. The molecule has 0 aliphatic heterocycles. The van der Waals surface area contributed by atoms with Gasteiger partial charge in [0.2, 0.25) is 0 Å². The Bertz CT molecular complexity index is 326. The van der Waals surface area contributed by atoms with Gasteiger partial charge in [-0.15, -0.1) is 0 Å². The molecule has 0 aromatic heterocycles. The molecule has 1 rings (SSSR count). The van der Waals surface area contributed by atoms with Crippen LogP contribution in [0.5, 0.6) is 0 Å². The molecule has 0 heterocycles. The van der Waals surface area contributed by atoms with Crippen molar-refractivity contribution in [2.75, 3.05) is 20.2 Å². The van der Waals surface area contributed by atoms with E-state index in [0.29, 0.717) is 12.5 Å². The molecule has 0 spiro atoms. The minimum atomic E-state index is -3.78. The van der Waals surface area contributed by atoms with Gasteiger partial charge in [0.1, 0.15) is 0 Å². The molecule has 0 unspecified atom stereocenters. The Hall–Kier alpha value is -0.860. The van der Waals surface area contributed by atoms with E-state index in [4.69, 9.17) is 0 Å². The quantitative estimate of drug-likeness (QED) is 0.521. The standard InChI is InChI=1S/C8H17N3O4S/c1-15-8(12)11-16(13,14)10-6-2-5-9-7-3-4-7/h7,9-10H,2-6H2,1H3,(H,11,12). The SMILES string of the molecule is COC(=O)NS(=O)(=O)NCCCNC1CC1. The van der Waals surface area contributed by atoms with Crippen LogP contribution in [-0.4, -0.2) is 40.8 Å². The lowest BCUT2D eigenvalue weighted by molar-refractivity contribution is 0.177. The summed E-state index contributed by atoms with van der Waals surface area (Å²) in [7, 11) is -2.68. The van der Waals surface area contributed by atoms with Crippen LogP contribution in [0.2, 0.25) is 0 Å². The van der Waals surface area contributed by atoms with Gasteiger partial charge in [0.15, 0.2) is 0 Å². The Balaban J connectivity index is 2.07. The van der Waals surface area contributed by atoms with E-state index < -0.39 is 16.3 Å². The van der Waals surface area contributed by atoms with Gasteiger partial charge in [-0.1, -0.05) is 0 Å². The molecule has 1 aliphatic carbocycles. The number of amides is 1. The van der Waals surface area contributed by atoms with Gasteiger partial charge in [-0.2, -0.15) is 13.1 Å². The Morgan fingerprint density at radius 3 is 2.62 bits per heavy atom. The Kier molecular flexibility index (Phi) is 4.97. The molecule has 0 radical (unpaired) electrons. The van der Waals surface area contributed by atoms with Gasteiger partial charge in [0.25, 0.3) is 0 Å². The van der Waals surface area contributed by atoms with Gasteiger partial charge in [0.05, 0.1) is 7.11 Å². The Morgan fingerprint density at radius 2 is 2.06 bits per heavy atom. The zero-order valence-electron chi connectivity index (χ0n) is 9.15. The summed E-state index contributed by atoms with van der Waals surface area (Å²) in [4.78, 5) is 10.6. The Morgan fingerprint density at radius 1 is 1.38 bits per heavy atom. The summed E-state index contributed by atoms with van der Waals surface area (Å²) in [6, 6.07) is 0.616. The van der Waals surface area contributed by atoms with Crippen molar-refractivity contribution in [1.29, 1.82) is 0 Å². The fourth-order valence-corrected chi connectivity index (χ4v) is 1.86. The van der Waals surface area contributed by atoms with E-state index in [1.54, 1.807) is 4.72 Å². The molecule has 0 aromatic rings. The maximum atomic E-state index is 11.2. The van der Waals surface area contributed by atoms with E-state index in [2.05, 4.69) is 14.8 Å². The molecule has 94 valence electrons. The van der Waals surface area contributed by atoms with Crippen LogP contribution in [0.1, 0.15) is 19.3 Å². The number of hydrogen-bond acceptors (Lipinski definition) is 5. The number of carbonyl (C=O) groups excluding carboxylic acids is 1. The third kappa shape index (κ3) is 5.89. The zero-order valence-corrected chi connectivity index (χ0v) is 9.97. The first-order valence-electron chi connectivity index (χ1n) is 5.12. The molecule has 1 aliphatic rings. The summed E-state index contributed by atoms with van der Waals surface area (Å²) in [5.41, 5.74) is 0. The fourth-order valence-electron chi connectivity index (χ4n) is 1.08. The average Bonchev–Trinajstić information content (AvgIpc) is 3.00. The van der Waals surface area contributed by atoms with Gasteiger partial charge in [0, 0.05) is 12.6 Å². The molecule has 0 atom stereocenters. The lowest BCUT2D eigenvalue weighted by atomic mass is 10.4. The van der Waals surface area contributed by atoms with Crippen LogP contribution in [-0.2, 0) is 14.9 Å². The van der Waals surface area contributed by atoms with Gasteiger partial charge < -0.3 is 10.1 Å². The summed E-state index contributed by atoms with van der Waals surface area (Å²) < 4.78 is 30.4. The molecule has 3 N–H and O–H groups in total. The monoisotopic (exact) mass is 251 g/mol. The van der Waals surface area contributed by atoms with Crippen molar-refractivity contribution in [2.24, 2.45) is 0 Å². The number of carbonyl (C=O) groups is 1. The highest BCUT2D eigenvalue weighted by molar-refractivity contribution is 7.88. The smallest absolute Gasteiger partial charge is 0.421 e. The zero-order chi connectivity index (χ0) is 12.0. The third-order valence-electron chi connectivity index (χ3n) is 2.06. The van der Waals surface area contributed by atoms with Crippen molar-refractivity contribution in [3.8, 4) is 0 Å². The van der Waals surface area contributed by atoms with Gasteiger partial charge >= 0.3 is 16.3 Å². The largest absolute Gasteiger partial charge is 0.452 e. The topological polar surface area (TPSA) is 96.5 Å². The van der Waals surface area contributed by atoms with Gasteiger partial charge in [-0.05, 0) is 25.8 Å². The van der Waals surface area contributed by atoms with E-state index in [1.165, 1.54) is 12.8 Å². The number of hydrogen-bond donors (Lipinski definition) is 3. The molecule has 7 nitrogen and oxygen atoms in total. The normalized spacial score (nSPS) is 15.8. The van der Waals surface area contributed by atoms with E-state index in [9.17, 15) is 13.2 Å². The molecule has 1 fully saturated rings. The van der Waals surface area contributed by atoms with Crippen molar-refractivity contribution in [3.05, 3.63) is 0 Å². The van der Waals surface area contributed by atoms with E-state index in [-0.39, 0.29) is 6.54 Å². The predicted octanol–water partition coefficient (Wildman–Crippen LogP) is -0.681. The highest BCUT2D eigenvalue weighted by atomic mass is 32.2. The molecule has 1 amide bonds. The summed E-state index contributed by atoms with van der Waals surface area (Å²) >= 11 is 0. The highest BCUT2D eigenvalue weighted by Crippen LogP contribution is 2.18. The van der Waals surface area contributed by atoms with Crippen LogP contribution < -0.4 is 14.8 Å². The van der Waals surface area contributed by atoms with Crippen LogP contribution in [0.25, 0.3) is 0 Å². The van der Waals surface area contributed by atoms with Crippen LogP contribution in [0.3, 0.4) is 0 Å². The number of nitrogens with one attached hydrogen (secondary N) is 3. The lowest BCUT2D eigenvalue weighted by Crippen LogP contribution is -2.41. The minimum Gasteiger partial charge on any atom is -0.452 e. The second-order valence-electron chi connectivity index (χ2n) is 3.57. The molecule has 0 aromatic carbocycles. The third-order valence-corrected chi connectivity index (χ3v) is 3.08. The van der Waals surface area contributed by atoms with Crippen LogP contribution in [0, 0.1) is 0 Å². The molecule has 1 saturated carbocycles. The summed E-state index contributed by atoms with van der Waals surface area (Å²) in [5, 5.41) is 3.25. The molecule has 0 saturated heterocycles. The first-order valence-corrected chi connectivity index (χ1v) is 6.60. The maximum absolute atomic E-state index is 11.2. The van der Waals surface area contributed by atoms with Crippen molar-refractivity contribution in [2.45, 2.75) is 25.3 Å². The second-order valence-corrected chi connectivity index (χ2v) is 5.07. The molecule has 0 bridgehead atoms. The number of methoxy groups -OCH3 is 1. The van der Waals surface area contributed by atoms with E-state index >= 15 is 0 Å². The van der Waals surface area contributed by atoms with E-state index in [1.807, 2.05) is 0 Å². The molecular formula is C8H17N3O4S. The average molecular weight is 251 g/mol. The molecule has 8 heteroatoms. The highest BCUT2D eigenvalue weighted by Gasteiger charge is 2.19. The lowest BCUT2D eigenvalue weighted by Gasteiger charge is -2.07. The first kappa shape index (κ1) is 13.2. The first-order chi connectivity index (χ1) is 7.53. The Labute approximate surface area is 95.1 Å². The second kappa shape index (κ2) is 6.02. The van der Waals surface area contributed by atoms with Gasteiger partial charge in [-0.25, -0.2) is 9.52 Å². The minimum absolute atomic E-state index is 0.284. The molecular weight excluding hydrogens is 234 g/mol. The van der Waals surface area contributed by atoms with Crippen molar-refractivity contribution >= 4 is 16.3 Å². The fraction of sp³-hybridized carbons (Fsp3) is 0.875. The number of rotatable bonds is 7. The van der Waals surface area contributed by atoms with E-state index in [0.717, 1.165) is 13.7 Å².